The predicted molar refractivity (Wildman–Crippen MR) is 90.1 cm³/mol. The van der Waals surface area contributed by atoms with Crippen LogP contribution in [0.1, 0.15) is 17.3 Å². The first kappa shape index (κ1) is 18.9. The Kier molecular flexibility index (Phi) is 6.26. The number of carbonyl (C=O) groups excluding carboxylic acids is 2. The molecule has 0 unspecified atom stereocenters. The lowest BCUT2D eigenvalue weighted by Crippen LogP contribution is -2.18. The van der Waals surface area contributed by atoms with E-state index in [2.05, 4.69) is 5.32 Å². The average Bonchev–Trinajstić information content (AvgIpc) is 2.61. The lowest BCUT2D eigenvalue weighted by Gasteiger charge is -2.11. The monoisotopic (exact) mass is 361 g/mol. The number of hydrogen-bond acceptors (Lipinski definition) is 6. The number of anilines is 1. The summed E-state index contributed by atoms with van der Waals surface area (Å²) < 4.78 is 23.0. The van der Waals surface area contributed by atoms with Gasteiger partial charge in [-0.1, -0.05) is 0 Å². The topological polar surface area (TPSA) is 102 Å². The zero-order valence-corrected chi connectivity index (χ0v) is 13.8. The van der Waals surface area contributed by atoms with Crippen LogP contribution in [0.25, 0.3) is 0 Å². The van der Waals surface area contributed by atoms with Crippen LogP contribution in [0.2, 0.25) is 0 Å². The molecule has 0 aliphatic carbocycles. The summed E-state index contributed by atoms with van der Waals surface area (Å²) in [6.07, 6.45) is 0. The normalized spacial score (nSPS) is 10.1. The van der Waals surface area contributed by atoms with Gasteiger partial charge in [0.1, 0.15) is 29.5 Å². The van der Waals surface area contributed by atoms with Crippen molar-refractivity contribution in [1.82, 2.24) is 0 Å². The first-order valence-corrected chi connectivity index (χ1v) is 7.59. The Morgan fingerprint density at radius 2 is 1.81 bits per heavy atom. The molecule has 0 aliphatic rings. The van der Waals surface area contributed by atoms with Gasteiger partial charge in [0.15, 0.2) is 0 Å². The van der Waals surface area contributed by atoms with E-state index in [0.29, 0.717) is 18.0 Å². The number of rotatable bonds is 8. The second-order valence-corrected chi connectivity index (χ2v) is 5.19. The molecule has 26 heavy (non-hydrogen) atoms. The van der Waals surface area contributed by atoms with Gasteiger partial charge in [0, 0.05) is 19.2 Å². The summed E-state index contributed by atoms with van der Waals surface area (Å²) in [5, 5.41) is 12.2. The number of ether oxygens (including phenoxy) is 2. The third-order valence-corrected chi connectivity index (χ3v) is 3.21. The molecule has 0 heterocycles. The van der Waals surface area contributed by atoms with Crippen molar-refractivity contribution in [1.29, 1.82) is 0 Å². The van der Waals surface area contributed by atoms with E-state index in [1.54, 1.807) is 0 Å². The highest BCUT2D eigenvalue weighted by Gasteiger charge is 2.17. The molecule has 0 atom stereocenters. The lowest BCUT2D eigenvalue weighted by atomic mass is 10.1. The maximum absolute atomic E-state index is 12.8. The van der Waals surface area contributed by atoms with Crippen LogP contribution in [-0.4, -0.2) is 36.0 Å². The van der Waals surface area contributed by atoms with Gasteiger partial charge in [0.2, 0.25) is 5.78 Å². The van der Waals surface area contributed by atoms with Crippen LogP contribution >= 0.6 is 0 Å². The van der Waals surface area contributed by atoms with Crippen molar-refractivity contribution in [2.75, 3.05) is 18.5 Å². The number of halogens is 1. The largest absolute Gasteiger partial charge is 0.492 e. The molecule has 2 rings (SSSR count). The molecule has 0 saturated carbocycles. The smallest absolute Gasteiger partial charge is 0.379 e. The number of esters is 1. The van der Waals surface area contributed by atoms with Crippen molar-refractivity contribution in [3.8, 4) is 11.5 Å². The Hall–Kier alpha value is -3.42. The number of ketones is 1. The van der Waals surface area contributed by atoms with E-state index < -0.39 is 17.7 Å². The third kappa shape index (κ3) is 5.30. The Balaban J connectivity index is 1.95. The molecular formula is C18H16FNO6. The molecule has 2 aromatic rings. The summed E-state index contributed by atoms with van der Waals surface area (Å²) in [4.78, 5) is 33.6. The molecular weight excluding hydrogens is 345 g/mol. The first-order valence-electron chi connectivity index (χ1n) is 7.59. The standard InChI is InChI=1S/C18H16FNO6/c1-11(21)18(24)26-16-7-4-13(10-15(16)17(22)23)20-8-9-25-14-5-2-12(19)3-6-14/h2-7,10,20H,8-9H2,1H3,(H,22,23). The Bertz CT molecular complexity index is 819. The molecule has 136 valence electrons. The lowest BCUT2D eigenvalue weighted by molar-refractivity contribution is -0.146. The van der Waals surface area contributed by atoms with Gasteiger partial charge in [-0.05, 0) is 42.5 Å². The molecule has 0 saturated heterocycles. The molecule has 2 aromatic carbocycles. The van der Waals surface area contributed by atoms with Gasteiger partial charge >= 0.3 is 11.9 Å². The van der Waals surface area contributed by atoms with E-state index in [9.17, 15) is 23.9 Å². The number of Topliss-reactive ketones (excluding diaryl/α,β-unsaturated/α-hetero) is 1. The highest BCUT2D eigenvalue weighted by molar-refractivity contribution is 6.33. The molecule has 2 N–H and O–H groups in total. The highest BCUT2D eigenvalue weighted by atomic mass is 19.1. The summed E-state index contributed by atoms with van der Waals surface area (Å²) in [6.45, 7) is 1.64. The van der Waals surface area contributed by atoms with Gasteiger partial charge in [-0.2, -0.15) is 0 Å². The van der Waals surface area contributed by atoms with Gasteiger partial charge < -0.3 is 19.9 Å². The molecule has 0 bridgehead atoms. The van der Waals surface area contributed by atoms with Crippen LogP contribution in [0.3, 0.4) is 0 Å². The minimum Gasteiger partial charge on any atom is -0.492 e. The number of carboxylic acids is 1. The maximum Gasteiger partial charge on any atom is 0.379 e. The van der Waals surface area contributed by atoms with Crippen LogP contribution in [0, 0.1) is 5.82 Å². The predicted octanol–water partition coefficient (Wildman–Crippen LogP) is 2.51. The van der Waals surface area contributed by atoms with Crippen LogP contribution in [0.15, 0.2) is 42.5 Å². The van der Waals surface area contributed by atoms with Gasteiger partial charge in [0.05, 0.1) is 0 Å². The van der Waals surface area contributed by atoms with Crippen molar-refractivity contribution in [3.05, 3.63) is 53.8 Å². The second-order valence-electron chi connectivity index (χ2n) is 5.19. The summed E-state index contributed by atoms with van der Waals surface area (Å²) >= 11 is 0. The molecule has 0 radical (unpaired) electrons. The molecule has 8 heteroatoms. The number of carbonyl (C=O) groups is 3. The zero-order chi connectivity index (χ0) is 19.1. The fraction of sp³-hybridized carbons (Fsp3) is 0.167. The van der Waals surface area contributed by atoms with Gasteiger partial charge in [-0.3, -0.25) is 4.79 Å². The van der Waals surface area contributed by atoms with Crippen molar-refractivity contribution in [2.24, 2.45) is 0 Å². The molecule has 0 spiro atoms. The minimum absolute atomic E-state index is 0.217. The quantitative estimate of drug-likeness (QED) is 0.322. The molecule has 0 aromatic heterocycles. The summed E-state index contributed by atoms with van der Waals surface area (Å²) in [5.74, 6) is -3.34. The summed E-state index contributed by atoms with van der Waals surface area (Å²) in [6, 6.07) is 9.63. The molecule has 0 aliphatic heterocycles. The zero-order valence-electron chi connectivity index (χ0n) is 13.8. The molecule has 0 amide bonds. The van der Waals surface area contributed by atoms with Crippen molar-refractivity contribution < 1.29 is 33.4 Å². The minimum atomic E-state index is -1.30. The Morgan fingerprint density at radius 3 is 2.42 bits per heavy atom. The SMILES string of the molecule is CC(=O)C(=O)Oc1ccc(NCCOc2ccc(F)cc2)cc1C(=O)O. The second kappa shape index (κ2) is 8.61. The van der Waals surface area contributed by atoms with Crippen molar-refractivity contribution in [2.45, 2.75) is 6.92 Å². The van der Waals surface area contributed by atoms with Crippen LogP contribution in [-0.2, 0) is 9.59 Å². The summed E-state index contributed by atoms with van der Waals surface area (Å²) in [7, 11) is 0. The Labute approximate surface area is 148 Å². The summed E-state index contributed by atoms with van der Waals surface area (Å²) in [5.41, 5.74) is 0.205. The number of nitrogens with one attached hydrogen (secondary N) is 1. The van der Waals surface area contributed by atoms with E-state index in [-0.39, 0.29) is 23.7 Å². The van der Waals surface area contributed by atoms with Gasteiger partial charge in [-0.25, -0.2) is 14.0 Å². The molecule has 7 nitrogen and oxygen atoms in total. The highest BCUT2D eigenvalue weighted by Crippen LogP contribution is 2.23. The maximum atomic E-state index is 12.8. The fourth-order valence-electron chi connectivity index (χ4n) is 1.96. The van der Waals surface area contributed by atoms with E-state index in [4.69, 9.17) is 9.47 Å². The molecule has 0 fully saturated rings. The number of benzene rings is 2. The number of aromatic carboxylic acids is 1. The Morgan fingerprint density at radius 1 is 1.12 bits per heavy atom. The fourth-order valence-corrected chi connectivity index (χ4v) is 1.96. The number of hydrogen-bond donors (Lipinski definition) is 2. The number of carboxylic acid groups (broad SMARTS) is 1. The van der Waals surface area contributed by atoms with Crippen LogP contribution in [0.4, 0.5) is 10.1 Å². The van der Waals surface area contributed by atoms with Gasteiger partial charge in [0.25, 0.3) is 0 Å². The van der Waals surface area contributed by atoms with E-state index in [1.807, 2.05) is 0 Å². The van der Waals surface area contributed by atoms with Crippen LogP contribution in [0.5, 0.6) is 11.5 Å². The van der Waals surface area contributed by atoms with Gasteiger partial charge in [-0.15, -0.1) is 0 Å². The van der Waals surface area contributed by atoms with Crippen molar-refractivity contribution in [3.63, 3.8) is 0 Å². The van der Waals surface area contributed by atoms with E-state index >= 15 is 0 Å². The third-order valence-electron chi connectivity index (χ3n) is 3.21. The van der Waals surface area contributed by atoms with Crippen molar-refractivity contribution >= 4 is 23.4 Å². The average molecular weight is 361 g/mol. The first-order chi connectivity index (χ1) is 12.4. The van der Waals surface area contributed by atoms with Crippen LogP contribution < -0.4 is 14.8 Å². The van der Waals surface area contributed by atoms with E-state index in [0.717, 1.165) is 6.92 Å². The van der Waals surface area contributed by atoms with E-state index in [1.165, 1.54) is 42.5 Å².